The summed E-state index contributed by atoms with van der Waals surface area (Å²) in [6.07, 6.45) is 1.74. The van der Waals surface area contributed by atoms with E-state index < -0.39 is 0 Å². The van der Waals surface area contributed by atoms with Crippen molar-refractivity contribution in [2.24, 2.45) is 5.92 Å². The van der Waals surface area contributed by atoms with Crippen molar-refractivity contribution in [1.82, 2.24) is 5.32 Å². The van der Waals surface area contributed by atoms with E-state index in [0.717, 1.165) is 17.9 Å². The molecule has 0 aliphatic rings. The van der Waals surface area contributed by atoms with Crippen LogP contribution in [-0.4, -0.2) is 24.4 Å². The molecule has 0 radical (unpaired) electrons. The average molecular weight is 249 g/mol. The number of ether oxygens (including phenoxy) is 1. The van der Waals surface area contributed by atoms with E-state index in [1.165, 1.54) is 0 Å². The number of nitrogens with one attached hydrogen (secondary N) is 1. The SMILES string of the molecule is C=CCOc1ccccc1CNC(C)C(C)CO. The molecule has 2 N–H and O–H groups in total. The Morgan fingerprint density at radius 3 is 2.78 bits per heavy atom. The van der Waals surface area contributed by atoms with Gasteiger partial charge in [0.15, 0.2) is 0 Å². The molecule has 3 heteroatoms. The van der Waals surface area contributed by atoms with Gasteiger partial charge in [0.05, 0.1) is 0 Å². The number of aliphatic hydroxyl groups is 1. The van der Waals surface area contributed by atoms with Crippen LogP contribution in [0.3, 0.4) is 0 Å². The summed E-state index contributed by atoms with van der Waals surface area (Å²) in [7, 11) is 0. The van der Waals surface area contributed by atoms with Crippen molar-refractivity contribution in [2.75, 3.05) is 13.2 Å². The van der Waals surface area contributed by atoms with E-state index in [1.807, 2.05) is 31.2 Å². The van der Waals surface area contributed by atoms with Gasteiger partial charge in [-0.15, -0.1) is 0 Å². The third kappa shape index (κ3) is 4.51. The fourth-order valence-electron chi connectivity index (χ4n) is 1.57. The summed E-state index contributed by atoms with van der Waals surface area (Å²) in [5.41, 5.74) is 1.12. The van der Waals surface area contributed by atoms with Gasteiger partial charge in [-0.2, -0.15) is 0 Å². The lowest BCUT2D eigenvalue weighted by molar-refractivity contribution is 0.206. The first-order valence-electron chi connectivity index (χ1n) is 6.34. The van der Waals surface area contributed by atoms with Crippen molar-refractivity contribution in [2.45, 2.75) is 26.4 Å². The van der Waals surface area contributed by atoms with Crippen LogP contribution in [0.5, 0.6) is 5.75 Å². The van der Waals surface area contributed by atoms with E-state index in [1.54, 1.807) is 6.08 Å². The zero-order valence-electron chi connectivity index (χ0n) is 11.2. The van der Waals surface area contributed by atoms with Gasteiger partial charge in [-0.05, 0) is 18.9 Å². The van der Waals surface area contributed by atoms with E-state index in [0.29, 0.717) is 6.61 Å². The fourth-order valence-corrected chi connectivity index (χ4v) is 1.57. The maximum absolute atomic E-state index is 9.10. The summed E-state index contributed by atoms with van der Waals surface area (Å²) < 4.78 is 5.60. The van der Waals surface area contributed by atoms with Crippen molar-refractivity contribution in [3.05, 3.63) is 42.5 Å². The van der Waals surface area contributed by atoms with Gasteiger partial charge in [-0.3, -0.25) is 0 Å². The first-order valence-corrected chi connectivity index (χ1v) is 6.34. The van der Waals surface area contributed by atoms with Gasteiger partial charge < -0.3 is 15.2 Å². The number of rotatable bonds is 8. The topological polar surface area (TPSA) is 41.5 Å². The highest BCUT2D eigenvalue weighted by molar-refractivity contribution is 5.33. The van der Waals surface area contributed by atoms with Crippen molar-refractivity contribution in [3.8, 4) is 5.75 Å². The van der Waals surface area contributed by atoms with Crippen molar-refractivity contribution in [1.29, 1.82) is 0 Å². The highest BCUT2D eigenvalue weighted by Gasteiger charge is 2.11. The normalized spacial score (nSPS) is 13.9. The van der Waals surface area contributed by atoms with Crippen LogP contribution >= 0.6 is 0 Å². The molecule has 0 saturated carbocycles. The largest absolute Gasteiger partial charge is 0.489 e. The lowest BCUT2D eigenvalue weighted by Crippen LogP contribution is -2.33. The Morgan fingerprint density at radius 2 is 2.11 bits per heavy atom. The molecule has 0 aliphatic heterocycles. The van der Waals surface area contributed by atoms with Gasteiger partial charge in [-0.1, -0.05) is 37.8 Å². The molecule has 18 heavy (non-hydrogen) atoms. The number of aliphatic hydroxyl groups excluding tert-OH is 1. The molecule has 0 heterocycles. The molecule has 0 aliphatic carbocycles. The Hall–Kier alpha value is -1.32. The zero-order chi connectivity index (χ0) is 13.4. The number of hydrogen-bond acceptors (Lipinski definition) is 3. The third-order valence-corrected chi connectivity index (χ3v) is 3.09. The molecular weight excluding hydrogens is 226 g/mol. The minimum Gasteiger partial charge on any atom is -0.489 e. The molecule has 0 spiro atoms. The second-order valence-corrected chi connectivity index (χ2v) is 4.54. The smallest absolute Gasteiger partial charge is 0.124 e. The van der Waals surface area contributed by atoms with Gasteiger partial charge in [0.25, 0.3) is 0 Å². The molecule has 0 saturated heterocycles. The molecule has 1 rings (SSSR count). The quantitative estimate of drug-likeness (QED) is 0.695. The molecule has 2 atom stereocenters. The second-order valence-electron chi connectivity index (χ2n) is 4.54. The summed E-state index contributed by atoms with van der Waals surface area (Å²) in [5.74, 6) is 1.13. The zero-order valence-corrected chi connectivity index (χ0v) is 11.2. The lowest BCUT2D eigenvalue weighted by Gasteiger charge is -2.20. The molecule has 1 aromatic rings. The van der Waals surface area contributed by atoms with Gasteiger partial charge in [0.2, 0.25) is 0 Å². The predicted octanol–water partition coefficient (Wildman–Crippen LogP) is 2.36. The van der Waals surface area contributed by atoms with Gasteiger partial charge in [0.1, 0.15) is 12.4 Å². The Balaban J connectivity index is 2.58. The first kappa shape index (κ1) is 14.7. The van der Waals surface area contributed by atoms with Crippen molar-refractivity contribution in [3.63, 3.8) is 0 Å². The molecule has 0 amide bonds. The Labute approximate surface area is 109 Å². The number of benzene rings is 1. The molecular formula is C15H23NO2. The number of para-hydroxylation sites is 1. The fraction of sp³-hybridized carbons (Fsp3) is 0.467. The molecule has 3 nitrogen and oxygen atoms in total. The maximum atomic E-state index is 9.10. The highest BCUT2D eigenvalue weighted by Crippen LogP contribution is 2.18. The van der Waals surface area contributed by atoms with Crippen LogP contribution in [0.15, 0.2) is 36.9 Å². The monoisotopic (exact) mass is 249 g/mol. The van der Waals surface area contributed by atoms with Crippen LogP contribution in [0, 0.1) is 5.92 Å². The first-order chi connectivity index (χ1) is 8.69. The van der Waals surface area contributed by atoms with E-state index in [9.17, 15) is 0 Å². The standard InChI is InChI=1S/C15H23NO2/c1-4-9-18-15-8-6-5-7-14(15)10-16-13(3)12(2)11-17/h4-8,12-13,16-17H,1,9-11H2,2-3H3. The van der Waals surface area contributed by atoms with Gasteiger partial charge >= 0.3 is 0 Å². The molecule has 2 unspecified atom stereocenters. The molecule has 100 valence electrons. The van der Waals surface area contributed by atoms with Crippen LogP contribution in [-0.2, 0) is 6.54 Å². The minimum atomic E-state index is 0.197. The summed E-state index contributed by atoms with van der Waals surface area (Å²) >= 11 is 0. The van der Waals surface area contributed by atoms with Gasteiger partial charge in [-0.25, -0.2) is 0 Å². The highest BCUT2D eigenvalue weighted by atomic mass is 16.5. The average Bonchev–Trinajstić information content (AvgIpc) is 2.42. The van der Waals surface area contributed by atoms with Crippen LogP contribution in [0.25, 0.3) is 0 Å². The van der Waals surface area contributed by atoms with E-state index in [2.05, 4.69) is 18.8 Å². The molecule has 0 aromatic heterocycles. The van der Waals surface area contributed by atoms with Crippen LogP contribution in [0.4, 0.5) is 0 Å². The van der Waals surface area contributed by atoms with Crippen LogP contribution in [0.1, 0.15) is 19.4 Å². The molecule has 0 fully saturated rings. The van der Waals surface area contributed by atoms with Gasteiger partial charge in [0, 0.05) is 24.8 Å². The predicted molar refractivity (Wildman–Crippen MR) is 74.7 cm³/mol. The van der Waals surface area contributed by atoms with E-state index >= 15 is 0 Å². The van der Waals surface area contributed by atoms with Crippen LogP contribution < -0.4 is 10.1 Å². The van der Waals surface area contributed by atoms with Crippen molar-refractivity contribution < 1.29 is 9.84 Å². The summed E-state index contributed by atoms with van der Waals surface area (Å²) in [6, 6.07) is 8.23. The van der Waals surface area contributed by atoms with Crippen LogP contribution in [0.2, 0.25) is 0 Å². The lowest BCUT2D eigenvalue weighted by atomic mass is 10.0. The summed E-state index contributed by atoms with van der Waals surface area (Å²) in [4.78, 5) is 0. The van der Waals surface area contributed by atoms with E-state index in [4.69, 9.17) is 9.84 Å². The molecule has 1 aromatic carbocycles. The summed E-state index contributed by atoms with van der Waals surface area (Å²) in [5, 5.41) is 12.5. The third-order valence-electron chi connectivity index (χ3n) is 3.09. The minimum absolute atomic E-state index is 0.197. The second kappa shape index (κ2) is 7.90. The summed E-state index contributed by atoms with van der Waals surface area (Å²) in [6.45, 7) is 9.19. The Kier molecular flexibility index (Phi) is 6.47. The Morgan fingerprint density at radius 1 is 1.39 bits per heavy atom. The molecule has 0 bridgehead atoms. The number of hydrogen-bond donors (Lipinski definition) is 2. The maximum Gasteiger partial charge on any atom is 0.124 e. The van der Waals surface area contributed by atoms with Crippen molar-refractivity contribution >= 4 is 0 Å². The Bertz CT molecular complexity index is 365. The van der Waals surface area contributed by atoms with E-state index in [-0.39, 0.29) is 18.6 Å².